The number of urea groups is 1. The maximum Gasteiger partial charge on any atom is 0.436 e. The molecule has 19 heteroatoms. The van der Waals surface area contributed by atoms with Crippen molar-refractivity contribution in [2.75, 3.05) is 83.7 Å². The van der Waals surface area contributed by atoms with E-state index in [0.717, 1.165) is 6.26 Å². The van der Waals surface area contributed by atoms with E-state index in [1.165, 1.54) is 16.4 Å². The second kappa shape index (κ2) is 19.1. The van der Waals surface area contributed by atoms with Crippen molar-refractivity contribution in [3.8, 4) is 0 Å². The number of hydrogen-bond donors (Lipinski definition) is 3. The third kappa shape index (κ3) is 11.3. The summed E-state index contributed by atoms with van der Waals surface area (Å²) in [5, 5.41) is 15.3. The number of rotatable bonds is 11. The summed E-state index contributed by atoms with van der Waals surface area (Å²) in [7, 11) is -3.48. The Bertz CT molecular complexity index is 1740. The van der Waals surface area contributed by atoms with Gasteiger partial charge < -0.3 is 29.7 Å². The molecule has 0 saturated carbocycles. The lowest BCUT2D eigenvalue weighted by Gasteiger charge is -2.49. The zero-order chi connectivity index (χ0) is 41.4. The van der Waals surface area contributed by atoms with Gasteiger partial charge in [-0.3, -0.25) is 19.9 Å². The smallest absolute Gasteiger partial charge is 0.436 e. The Labute approximate surface area is 329 Å². The second-order valence-electron chi connectivity index (χ2n) is 15.7. The van der Waals surface area contributed by atoms with Gasteiger partial charge in [0.05, 0.1) is 25.0 Å². The van der Waals surface area contributed by atoms with Gasteiger partial charge in [0.2, 0.25) is 16.0 Å². The number of alkyl carbamates (subject to hydrolysis) is 1. The number of anilines is 1. The first-order chi connectivity index (χ1) is 26.3. The van der Waals surface area contributed by atoms with Crippen LogP contribution < -0.4 is 10.6 Å². The number of carbonyl (C=O) groups is 5. The highest BCUT2D eigenvalue weighted by molar-refractivity contribution is 7.88. The van der Waals surface area contributed by atoms with E-state index >= 15 is 0 Å². The van der Waals surface area contributed by atoms with Gasteiger partial charge in [0, 0.05) is 64.6 Å². The van der Waals surface area contributed by atoms with E-state index in [9.17, 15) is 37.5 Å². The summed E-state index contributed by atoms with van der Waals surface area (Å²) in [6, 6.07) is 4.25. The first-order valence-electron chi connectivity index (χ1n) is 19.2. The number of nitrogens with one attached hydrogen (secondary N) is 2. The highest BCUT2D eigenvalue weighted by Crippen LogP contribution is 2.37. The number of amides is 5. The van der Waals surface area contributed by atoms with E-state index in [4.69, 9.17) is 9.47 Å². The summed E-state index contributed by atoms with van der Waals surface area (Å²) in [6.07, 6.45) is 0.730. The predicted molar refractivity (Wildman–Crippen MR) is 209 cm³/mol. The van der Waals surface area contributed by atoms with Gasteiger partial charge >= 0.3 is 24.2 Å². The van der Waals surface area contributed by atoms with Gasteiger partial charge in [-0.25, -0.2) is 27.6 Å². The van der Waals surface area contributed by atoms with Crippen LogP contribution in [-0.4, -0.2) is 158 Å². The van der Waals surface area contributed by atoms with Crippen molar-refractivity contribution in [2.24, 2.45) is 22.7 Å². The first-order valence-corrected chi connectivity index (χ1v) is 21.0. The van der Waals surface area contributed by atoms with Crippen LogP contribution in [0.5, 0.6) is 0 Å². The number of hydrogen-bond acceptors (Lipinski definition) is 10. The van der Waals surface area contributed by atoms with Crippen molar-refractivity contribution in [1.82, 2.24) is 29.2 Å². The molecular weight excluding hydrogens is 749 g/mol. The van der Waals surface area contributed by atoms with Crippen molar-refractivity contribution in [3.63, 3.8) is 0 Å². The molecule has 0 aliphatic carbocycles. The normalized spacial score (nSPS) is 20.1. The van der Waals surface area contributed by atoms with Gasteiger partial charge in [-0.05, 0) is 60.8 Å². The van der Waals surface area contributed by atoms with Crippen LogP contribution in [0.25, 0.3) is 0 Å². The van der Waals surface area contributed by atoms with Gasteiger partial charge in [0.25, 0.3) is 5.91 Å². The summed E-state index contributed by atoms with van der Waals surface area (Å²) in [4.78, 5) is 77.1. The monoisotopic (exact) mass is 806 g/mol. The fraction of sp³-hybridized carbons (Fsp3) is 0.676. The number of piperazine rings is 2. The van der Waals surface area contributed by atoms with Crippen LogP contribution in [0.3, 0.4) is 0 Å². The van der Waals surface area contributed by atoms with Crippen LogP contribution >= 0.6 is 0 Å². The zero-order valence-corrected chi connectivity index (χ0v) is 34.4. The average molecular weight is 807 g/mol. The summed E-state index contributed by atoms with van der Waals surface area (Å²) in [5.41, 5.74) is -0.382. The lowest BCUT2D eigenvalue weighted by molar-refractivity contribution is -0.138. The number of carbonyl (C=O) groups excluding carboxylic acids is 4. The lowest BCUT2D eigenvalue weighted by Crippen LogP contribution is -2.70. The molecule has 4 rings (SSSR count). The first kappa shape index (κ1) is 44.2. The van der Waals surface area contributed by atoms with Gasteiger partial charge in [-0.1, -0.05) is 41.5 Å². The molecule has 3 fully saturated rings. The molecule has 0 bridgehead atoms. The number of benzene rings is 1. The molecular formula is C37H58N8O10S. The van der Waals surface area contributed by atoms with E-state index in [-0.39, 0.29) is 108 Å². The quantitative estimate of drug-likeness (QED) is 0.218. The van der Waals surface area contributed by atoms with E-state index in [2.05, 4.69) is 15.6 Å². The Kier molecular flexibility index (Phi) is 15.1. The van der Waals surface area contributed by atoms with Gasteiger partial charge in [-0.15, -0.1) is 4.99 Å². The van der Waals surface area contributed by atoms with Crippen LogP contribution in [0.1, 0.15) is 70.3 Å². The number of guanidine groups is 1. The summed E-state index contributed by atoms with van der Waals surface area (Å²) in [6.45, 7) is 13.4. The van der Waals surface area contributed by atoms with E-state index in [1.807, 2.05) is 46.4 Å². The van der Waals surface area contributed by atoms with E-state index < -0.39 is 45.8 Å². The van der Waals surface area contributed by atoms with Crippen LogP contribution in [0.2, 0.25) is 0 Å². The molecule has 0 unspecified atom stereocenters. The molecule has 1 atom stereocenters. The molecule has 3 heterocycles. The molecule has 3 aliphatic heterocycles. The van der Waals surface area contributed by atoms with E-state index in [0.29, 0.717) is 24.1 Å². The minimum Gasteiger partial charge on any atom is -0.478 e. The van der Waals surface area contributed by atoms with Crippen molar-refractivity contribution in [2.45, 2.75) is 66.5 Å². The number of likely N-dealkylation sites (tertiary alicyclic amines) is 1. The fourth-order valence-electron chi connectivity index (χ4n) is 7.06. The molecule has 18 nitrogen and oxygen atoms in total. The summed E-state index contributed by atoms with van der Waals surface area (Å²) >= 11 is 0. The zero-order valence-electron chi connectivity index (χ0n) is 33.6. The number of carboxylic acid groups (broad SMARTS) is 1. The third-order valence-corrected chi connectivity index (χ3v) is 11.1. The van der Waals surface area contributed by atoms with Crippen molar-refractivity contribution < 1.29 is 47.0 Å². The minimum atomic E-state index is -3.48. The molecule has 1 aromatic rings. The standard InChI is InChI=1S/C37H58N8O10S/c1-25(2)21-28-22-29(9-10-30(28)31(46)47)38-32(48)37(43-17-19-44(20-18-43)56(7,52)53)11-8-12-45(37)36(51)42-15-13-41(14-16-42)33(39-34(49)54-23-26(3)4)40-35(50)55-24-27(5)6/h9-10,22,25-27H,8,11-21,23-24H2,1-7H3,(H,38,48)(H,46,47)(H,39,40,49,50)/t37-/m0/s1. The Morgan fingerprint density at radius 2 is 1.45 bits per heavy atom. The molecule has 0 radical (unpaired) electrons. The number of carboxylic acids is 1. The molecule has 3 N–H and O–H groups in total. The lowest BCUT2D eigenvalue weighted by atomic mass is 9.97. The summed E-state index contributed by atoms with van der Waals surface area (Å²) in [5.74, 6) is -1.32. The predicted octanol–water partition coefficient (Wildman–Crippen LogP) is 3.16. The largest absolute Gasteiger partial charge is 0.478 e. The molecule has 1 aromatic carbocycles. The Hall–Kier alpha value is -4.49. The highest BCUT2D eigenvalue weighted by atomic mass is 32.2. The van der Waals surface area contributed by atoms with Crippen LogP contribution in [0.4, 0.5) is 20.1 Å². The molecule has 3 aliphatic rings. The number of sulfonamides is 1. The molecule has 312 valence electrons. The number of ether oxygens (including phenoxy) is 2. The fourth-order valence-corrected chi connectivity index (χ4v) is 7.89. The Balaban J connectivity index is 1.59. The van der Waals surface area contributed by atoms with Gasteiger partial charge in [0.15, 0.2) is 5.66 Å². The topological polar surface area (TPSA) is 211 Å². The minimum absolute atomic E-state index is 0.0657. The van der Waals surface area contributed by atoms with Crippen LogP contribution in [-0.2, 0) is 30.7 Å². The van der Waals surface area contributed by atoms with Crippen molar-refractivity contribution >= 4 is 51.8 Å². The second-order valence-corrected chi connectivity index (χ2v) is 17.7. The molecule has 56 heavy (non-hydrogen) atoms. The Morgan fingerprint density at radius 1 is 0.839 bits per heavy atom. The number of aliphatic imine (C=N–C) groups is 1. The van der Waals surface area contributed by atoms with Gasteiger partial charge in [0.1, 0.15) is 0 Å². The number of aromatic carboxylic acids is 1. The maximum atomic E-state index is 14.7. The molecule has 5 amide bonds. The van der Waals surface area contributed by atoms with E-state index in [1.54, 1.807) is 20.8 Å². The van der Waals surface area contributed by atoms with Crippen LogP contribution in [0, 0.1) is 17.8 Å². The average Bonchev–Trinajstić information content (AvgIpc) is 3.58. The Morgan fingerprint density at radius 3 is 2.02 bits per heavy atom. The van der Waals surface area contributed by atoms with Crippen molar-refractivity contribution in [1.29, 1.82) is 0 Å². The molecule has 0 aromatic heterocycles. The molecule has 3 saturated heterocycles. The van der Waals surface area contributed by atoms with Crippen molar-refractivity contribution in [3.05, 3.63) is 29.3 Å². The number of nitrogens with zero attached hydrogens (tertiary/aromatic N) is 6. The van der Waals surface area contributed by atoms with Gasteiger partial charge in [-0.2, -0.15) is 4.31 Å². The highest BCUT2D eigenvalue weighted by Gasteiger charge is 2.55. The summed E-state index contributed by atoms with van der Waals surface area (Å²) < 4.78 is 36.6. The maximum absolute atomic E-state index is 14.7. The SMILES string of the molecule is CC(C)COC(=O)N=C(NC(=O)OCC(C)C)N1CCN(C(=O)N2CCC[C@]2(C(=O)Nc2ccc(C(=O)O)c(CC(C)C)c2)N2CCN(S(C)(=O)=O)CC2)CC1. The third-order valence-electron chi connectivity index (χ3n) is 9.75. The molecule has 0 spiro atoms. The van der Waals surface area contributed by atoms with Crippen LogP contribution in [0.15, 0.2) is 23.2 Å².